The normalized spacial score (nSPS) is 16.2. The number of Topliss-reactive ketones (excluding diaryl/α,β-unsaturated/α-hetero) is 2. The summed E-state index contributed by atoms with van der Waals surface area (Å²) >= 11 is 6.96. The largest absolute Gasteiger partial charge is 0.507 e. The number of aromatic nitrogens is 2. The third-order valence-electron chi connectivity index (χ3n) is 3.52. The molecule has 3 rings (SSSR count). The van der Waals surface area contributed by atoms with Gasteiger partial charge in [0.05, 0.1) is 17.0 Å². The third kappa shape index (κ3) is 3.18. The summed E-state index contributed by atoms with van der Waals surface area (Å²) in [6.07, 6.45) is 2.64. The first-order chi connectivity index (χ1) is 11.0. The summed E-state index contributed by atoms with van der Waals surface area (Å²) in [4.78, 5) is 32.6. The number of halogens is 1. The number of hydrogen-bond acceptors (Lipinski definition) is 6. The van der Waals surface area contributed by atoms with Crippen LogP contribution in [0.25, 0.3) is 5.76 Å². The number of thiazole rings is 1. The number of pyridine rings is 1. The summed E-state index contributed by atoms with van der Waals surface area (Å²) < 4.78 is 0. The Morgan fingerprint density at radius 2 is 2.17 bits per heavy atom. The SMILES string of the molecule is CC(=O)Cc1nc2c(s1)C(=O)/C(=C(\O)c1ccc(Cl)nc1)CC2. The zero-order valence-corrected chi connectivity index (χ0v) is 13.9. The summed E-state index contributed by atoms with van der Waals surface area (Å²) in [6.45, 7) is 1.49. The van der Waals surface area contributed by atoms with Crippen molar-refractivity contribution in [3.05, 3.63) is 50.2 Å². The van der Waals surface area contributed by atoms with Crippen molar-refractivity contribution in [1.29, 1.82) is 0 Å². The molecule has 7 heteroatoms. The molecule has 0 spiro atoms. The lowest BCUT2D eigenvalue weighted by atomic mass is 9.93. The Morgan fingerprint density at radius 3 is 2.83 bits per heavy atom. The quantitative estimate of drug-likeness (QED) is 0.522. The van der Waals surface area contributed by atoms with Crippen LogP contribution in [-0.4, -0.2) is 26.6 Å². The molecular formula is C16H13ClN2O3S. The lowest BCUT2D eigenvalue weighted by molar-refractivity contribution is -0.116. The predicted molar refractivity (Wildman–Crippen MR) is 87.9 cm³/mol. The molecule has 2 aromatic rings. The summed E-state index contributed by atoms with van der Waals surface area (Å²) in [5, 5.41) is 11.4. The lowest BCUT2D eigenvalue weighted by Crippen LogP contribution is -2.14. The van der Waals surface area contributed by atoms with E-state index in [-0.39, 0.29) is 23.7 Å². The molecule has 0 saturated carbocycles. The first kappa shape index (κ1) is 15.8. The Bertz CT molecular complexity index is 824. The van der Waals surface area contributed by atoms with E-state index in [1.807, 2.05) is 0 Å². The van der Waals surface area contributed by atoms with Gasteiger partial charge < -0.3 is 5.11 Å². The summed E-state index contributed by atoms with van der Waals surface area (Å²) in [5.41, 5.74) is 1.51. The number of carbonyl (C=O) groups is 2. The number of hydrogen-bond donors (Lipinski definition) is 1. The zero-order chi connectivity index (χ0) is 16.6. The van der Waals surface area contributed by atoms with Crippen molar-refractivity contribution in [3.8, 4) is 0 Å². The first-order valence-corrected chi connectivity index (χ1v) is 8.22. The van der Waals surface area contributed by atoms with Crippen LogP contribution in [0.5, 0.6) is 0 Å². The van der Waals surface area contributed by atoms with Crippen molar-refractivity contribution in [3.63, 3.8) is 0 Å². The molecule has 1 aliphatic carbocycles. The number of aryl methyl sites for hydroxylation is 1. The minimum absolute atomic E-state index is 0.00870. The molecule has 1 aliphatic rings. The van der Waals surface area contributed by atoms with E-state index in [1.54, 1.807) is 12.1 Å². The molecule has 0 radical (unpaired) electrons. The topological polar surface area (TPSA) is 80.2 Å². The van der Waals surface area contributed by atoms with Crippen molar-refractivity contribution < 1.29 is 14.7 Å². The van der Waals surface area contributed by atoms with Crippen LogP contribution in [0, 0.1) is 0 Å². The number of carbonyl (C=O) groups excluding carboxylic acids is 2. The molecule has 1 N–H and O–H groups in total. The average Bonchev–Trinajstić information content (AvgIpc) is 2.90. The van der Waals surface area contributed by atoms with Gasteiger partial charge in [-0.15, -0.1) is 11.3 Å². The summed E-state index contributed by atoms with van der Waals surface area (Å²) in [5.74, 6) is -0.299. The van der Waals surface area contributed by atoms with E-state index in [9.17, 15) is 14.7 Å². The van der Waals surface area contributed by atoms with Crippen LogP contribution >= 0.6 is 22.9 Å². The third-order valence-corrected chi connectivity index (χ3v) is 4.84. The van der Waals surface area contributed by atoms with E-state index in [0.29, 0.717) is 44.7 Å². The van der Waals surface area contributed by atoms with Crippen molar-refractivity contribution in [2.24, 2.45) is 0 Å². The van der Waals surface area contributed by atoms with Crippen molar-refractivity contribution in [2.45, 2.75) is 26.2 Å². The fourth-order valence-corrected chi connectivity index (χ4v) is 3.71. The highest BCUT2D eigenvalue weighted by atomic mass is 35.5. The highest BCUT2D eigenvalue weighted by Crippen LogP contribution is 2.33. The highest BCUT2D eigenvalue weighted by Gasteiger charge is 2.29. The van der Waals surface area contributed by atoms with Crippen LogP contribution in [0.4, 0.5) is 0 Å². The standard InChI is InChI=1S/C16H13ClN2O3S/c1-8(20)6-13-19-11-4-3-10(15(22)16(11)23-13)14(21)9-2-5-12(17)18-7-9/h2,5,7,21H,3-4,6H2,1H3/b14-10-. The fourth-order valence-electron chi connectivity index (χ4n) is 2.45. The number of aliphatic hydroxyl groups excluding tert-OH is 1. The van der Waals surface area contributed by atoms with Gasteiger partial charge >= 0.3 is 0 Å². The van der Waals surface area contributed by atoms with Crippen LogP contribution < -0.4 is 0 Å². The number of aliphatic hydroxyl groups is 1. The van der Waals surface area contributed by atoms with E-state index in [2.05, 4.69) is 9.97 Å². The molecule has 0 unspecified atom stereocenters. The van der Waals surface area contributed by atoms with Crippen LogP contribution in [0.1, 0.15) is 39.3 Å². The maximum atomic E-state index is 12.6. The van der Waals surface area contributed by atoms with E-state index in [0.717, 1.165) is 0 Å². The molecule has 2 aromatic heterocycles. The van der Waals surface area contributed by atoms with Gasteiger partial charge in [-0.2, -0.15) is 0 Å². The number of allylic oxidation sites excluding steroid dienone is 1. The molecule has 0 aliphatic heterocycles. The minimum Gasteiger partial charge on any atom is -0.507 e. The lowest BCUT2D eigenvalue weighted by Gasteiger charge is -2.14. The van der Waals surface area contributed by atoms with E-state index in [4.69, 9.17) is 11.6 Å². The Labute approximate surface area is 141 Å². The first-order valence-electron chi connectivity index (χ1n) is 7.02. The fraction of sp³-hybridized carbons (Fsp3) is 0.250. The molecule has 5 nitrogen and oxygen atoms in total. The monoisotopic (exact) mass is 348 g/mol. The molecular weight excluding hydrogens is 336 g/mol. The van der Waals surface area contributed by atoms with Gasteiger partial charge in [0.2, 0.25) is 5.78 Å². The molecule has 23 heavy (non-hydrogen) atoms. The molecule has 0 amide bonds. The van der Waals surface area contributed by atoms with Gasteiger partial charge in [-0.05, 0) is 31.9 Å². The maximum absolute atomic E-state index is 12.6. The highest BCUT2D eigenvalue weighted by molar-refractivity contribution is 7.14. The second kappa shape index (κ2) is 6.22. The van der Waals surface area contributed by atoms with Gasteiger partial charge in [-0.1, -0.05) is 11.6 Å². The van der Waals surface area contributed by atoms with Crippen LogP contribution in [0.3, 0.4) is 0 Å². The predicted octanol–water partition coefficient (Wildman–Crippen LogP) is 3.42. The van der Waals surface area contributed by atoms with Gasteiger partial charge in [0, 0.05) is 17.3 Å². The number of fused-ring (bicyclic) bond motifs is 1. The number of ketones is 2. The second-order valence-electron chi connectivity index (χ2n) is 5.29. The number of nitrogens with zero attached hydrogens (tertiary/aromatic N) is 2. The second-order valence-corrected chi connectivity index (χ2v) is 6.76. The summed E-state index contributed by atoms with van der Waals surface area (Å²) in [6, 6.07) is 3.18. The summed E-state index contributed by atoms with van der Waals surface area (Å²) in [7, 11) is 0. The Kier molecular flexibility index (Phi) is 4.28. The Balaban J connectivity index is 1.96. The van der Waals surface area contributed by atoms with E-state index >= 15 is 0 Å². The van der Waals surface area contributed by atoms with Gasteiger partial charge in [-0.3, -0.25) is 9.59 Å². The van der Waals surface area contributed by atoms with Crippen molar-refractivity contribution in [2.75, 3.05) is 0 Å². The maximum Gasteiger partial charge on any atom is 0.204 e. The molecule has 0 bridgehead atoms. The van der Waals surface area contributed by atoms with Gasteiger partial charge in [-0.25, -0.2) is 9.97 Å². The Hall–Kier alpha value is -2.05. The zero-order valence-electron chi connectivity index (χ0n) is 12.3. The smallest absolute Gasteiger partial charge is 0.204 e. The van der Waals surface area contributed by atoms with Crippen LogP contribution in [0.2, 0.25) is 5.15 Å². The van der Waals surface area contributed by atoms with Gasteiger partial charge in [0.15, 0.2) is 0 Å². The van der Waals surface area contributed by atoms with Crippen molar-refractivity contribution in [1.82, 2.24) is 9.97 Å². The molecule has 0 saturated heterocycles. The van der Waals surface area contributed by atoms with Crippen LogP contribution in [-0.2, 0) is 17.6 Å². The average molecular weight is 349 g/mol. The molecule has 0 fully saturated rings. The molecule has 118 valence electrons. The minimum atomic E-state index is -0.231. The van der Waals surface area contributed by atoms with Crippen LogP contribution in [0.15, 0.2) is 23.9 Å². The van der Waals surface area contributed by atoms with Gasteiger partial charge in [0.1, 0.15) is 21.7 Å². The molecule has 0 atom stereocenters. The van der Waals surface area contributed by atoms with E-state index in [1.165, 1.54) is 24.5 Å². The molecule has 0 aromatic carbocycles. The Morgan fingerprint density at radius 1 is 1.39 bits per heavy atom. The molecule has 2 heterocycles. The van der Waals surface area contributed by atoms with Gasteiger partial charge in [0.25, 0.3) is 0 Å². The number of rotatable bonds is 3. The van der Waals surface area contributed by atoms with E-state index < -0.39 is 0 Å². The van der Waals surface area contributed by atoms with Crippen molar-refractivity contribution >= 4 is 40.3 Å².